The molecule has 0 spiro atoms. The van der Waals surface area contributed by atoms with E-state index in [1.165, 1.54) is 6.07 Å². The number of aryl methyl sites for hydroxylation is 2. The van der Waals surface area contributed by atoms with Gasteiger partial charge in [-0.05, 0) is 53.0 Å². The smallest absolute Gasteiger partial charge is 0.329 e. The first kappa shape index (κ1) is 18.7. The highest BCUT2D eigenvalue weighted by molar-refractivity contribution is 9.10. The zero-order valence-electron chi connectivity index (χ0n) is 14.2. The quantitative estimate of drug-likeness (QED) is 0.506. The molecule has 2 aromatic carbocycles. The lowest BCUT2D eigenvalue weighted by Crippen LogP contribution is -1.95. The van der Waals surface area contributed by atoms with Crippen molar-refractivity contribution in [1.82, 2.24) is 0 Å². The lowest BCUT2D eigenvalue weighted by atomic mass is 10.2. The molecule has 142 valence electrons. The van der Waals surface area contributed by atoms with Crippen LogP contribution in [-0.4, -0.2) is 23.4 Å². The van der Waals surface area contributed by atoms with Crippen molar-refractivity contribution >= 4 is 27.3 Å². The molecule has 0 saturated heterocycles. The molecular weight excluding hydrogens is 428 g/mol. The average Bonchev–Trinajstić information content (AvgIpc) is 3.23. The van der Waals surface area contributed by atoms with Crippen molar-refractivity contribution < 1.29 is 28.8 Å². The van der Waals surface area contributed by atoms with Crippen LogP contribution >= 0.6 is 15.9 Å². The van der Waals surface area contributed by atoms with Crippen LogP contribution in [0.5, 0.6) is 23.0 Å². The molecule has 0 bridgehead atoms. The second-order valence-corrected chi connectivity index (χ2v) is 6.41. The highest BCUT2D eigenvalue weighted by atomic mass is 79.9. The van der Waals surface area contributed by atoms with Crippen LogP contribution in [0, 0.1) is 34.1 Å². The predicted molar refractivity (Wildman–Crippen MR) is 95.6 cm³/mol. The van der Waals surface area contributed by atoms with Gasteiger partial charge >= 0.3 is 11.4 Å². The van der Waals surface area contributed by atoms with Crippen molar-refractivity contribution in [3.8, 4) is 23.0 Å². The molecule has 2 heterocycles. The Balaban J connectivity index is 0.000000156. The molecule has 2 aromatic rings. The van der Waals surface area contributed by atoms with Gasteiger partial charge in [0.15, 0.2) is 11.5 Å². The minimum Gasteiger partial charge on any atom is -0.453 e. The molecule has 2 aliphatic heterocycles. The van der Waals surface area contributed by atoms with E-state index in [1.54, 1.807) is 26.0 Å². The first-order valence-corrected chi connectivity index (χ1v) is 8.36. The van der Waals surface area contributed by atoms with E-state index in [2.05, 4.69) is 15.9 Å². The van der Waals surface area contributed by atoms with Gasteiger partial charge in [0.25, 0.3) is 0 Å². The van der Waals surface area contributed by atoms with Crippen molar-refractivity contribution in [2.24, 2.45) is 0 Å². The van der Waals surface area contributed by atoms with E-state index in [4.69, 9.17) is 18.9 Å². The standard InChI is InChI=1S/C8H6BrNO4.C8H7NO4/c1-4-2-5-8(14-3-13-5)7(6(4)9)10(11)12;1-5-2-6(9(10)11)8-7(3-5)12-4-13-8/h2H,3H2,1H3;2-3H,4H2,1H3. The summed E-state index contributed by atoms with van der Waals surface area (Å²) in [6.45, 7) is 3.62. The summed E-state index contributed by atoms with van der Waals surface area (Å²) in [5, 5.41) is 21.4. The minimum atomic E-state index is -0.482. The molecule has 27 heavy (non-hydrogen) atoms. The lowest BCUT2D eigenvalue weighted by Gasteiger charge is -2.02. The molecular formula is C16H13BrN2O8. The van der Waals surface area contributed by atoms with E-state index in [9.17, 15) is 20.2 Å². The molecule has 0 aromatic heterocycles. The number of halogens is 1. The summed E-state index contributed by atoms with van der Waals surface area (Å²) >= 11 is 3.16. The number of rotatable bonds is 2. The van der Waals surface area contributed by atoms with E-state index < -0.39 is 9.85 Å². The van der Waals surface area contributed by atoms with Crippen LogP contribution in [0.25, 0.3) is 0 Å². The van der Waals surface area contributed by atoms with Crippen LogP contribution in [0.4, 0.5) is 11.4 Å². The fourth-order valence-corrected chi connectivity index (χ4v) is 2.99. The van der Waals surface area contributed by atoms with E-state index in [0.29, 0.717) is 16.0 Å². The Kier molecular flexibility index (Phi) is 5.04. The van der Waals surface area contributed by atoms with Crippen molar-refractivity contribution in [3.63, 3.8) is 0 Å². The number of nitro groups is 2. The number of hydrogen-bond acceptors (Lipinski definition) is 8. The average molecular weight is 441 g/mol. The van der Waals surface area contributed by atoms with Gasteiger partial charge < -0.3 is 18.9 Å². The zero-order valence-corrected chi connectivity index (χ0v) is 15.8. The molecule has 4 rings (SSSR count). The molecule has 0 radical (unpaired) electrons. The normalized spacial score (nSPS) is 13.0. The Hall–Kier alpha value is -3.08. The van der Waals surface area contributed by atoms with Gasteiger partial charge in [-0.2, -0.15) is 0 Å². The molecule has 0 amide bonds. The summed E-state index contributed by atoms with van der Waals surface area (Å²) in [5.41, 5.74) is 1.43. The molecule has 0 aliphatic carbocycles. The minimum absolute atomic E-state index is 0.0338. The van der Waals surface area contributed by atoms with E-state index >= 15 is 0 Å². The SMILES string of the molecule is Cc1cc2c(c([N+](=O)[O-])c1)OCO2.Cc1cc2c(c([N+](=O)[O-])c1Br)OCO2. The zero-order chi connectivity index (χ0) is 19.7. The third-order valence-corrected chi connectivity index (χ3v) is 4.74. The maximum absolute atomic E-state index is 10.8. The maximum Gasteiger partial charge on any atom is 0.329 e. The van der Waals surface area contributed by atoms with Gasteiger partial charge in [0.2, 0.25) is 25.1 Å². The van der Waals surface area contributed by atoms with Crippen molar-refractivity contribution in [1.29, 1.82) is 0 Å². The fourth-order valence-electron chi connectivity index (χ4n) is 2.55. The van der Waals surface area contributed by atoms with Crippen LogP contribution in [0.1, 0.15) is 11.1 Å². The predicted octanol–water partition coefficient (Wildman–Crippen LogP) is 4.03. The van der Waals surface area contributed by atoms with Gasteiger partial charge in [-0.1, -0.05) is 0 Å². The summed E-state index contributed by atoms with van der Waals surface area (Å²) in [7, 11) is 0. The Morgan fingerprint density at radius 1 is 0.889 bits per heavy atom. The second kappa shape index (κ2) is 7.27. The van der Waals surface area contributed by atoms with Crippen LogP contribution in [0.2, 0.25) is 0 Å². The Bertz CT molecular complexity index is 947. The molecule has 10 nitrogen and oxygen atoms in total. The first-order chi connectivity index (χ1) is 12.8. The molecule has 2 aliphatic rings. The maximum atomic E-state index is 10.8. The molecule has 0 saturated carbocycles. The summed E-state index contributed by atoms with van der Waals surface area (Å²) < 4.78 is 20.6. The van der Waals surface area contributed by atoms with Crippen LogP contribution < -0.4 is 18.9 Å². The topological polar surface area (TPSA) is 123 Å². The van der Waals surface area contributed by atoms with Gasteiger partial charge in [-0.3, -0.25) is 20.2 Å². The molecule has 0 unspecified atom stereocenters. The van der Waals surface area contributed by atoms with Gasteiger partial charge in [-0.15, -0.1) is 0 Å². The summed E-state index contributed by atoms with van der Waals surface area (Å²) in [4.78, 5) is 20.4. The molecule has 0 N–H and O–H groups in total. The molecule has 0 fully saturated rings. The summed E-state index contributed by atoms with van der Waals surface area (Å²) in [6, 6.07) is 4.89. The second-order valence-electron chi connectivity index (χ2n) is 5.62. The summed E-state index contributed by atoms with van der Waals surface area (Å²) in [6.07, 6.45) is 0. The van der Waals surface area contributed by atoms with Crippen molar-refractivity contribution in [3.05, 3.63) is 54.0 Å². The van der Waals surface area contributed by atoms with Crippen molar-refractivity contribution in [2.45, 2.75) is 13.8 Å². The number of fused-ring (bicyclic) bond motifs is 2. The highest BCUT2D eigenvalue weighted by Crippen LogP contribution is 2.46. The number of benzene rings is 2. The van der Waals surface area contributed by atoms with Crippen molar-refractivity contribution in [2.75, 3.05) is 13.6 Å². The third-order valence-electron chi connectivity index (χ3n) is 3.73. The van der Waals surface area contributed by atoms with E-state index in [1.807, 2.05) is 0 Å². The van der Waals surface area contributed by atoms with Crippen LogP contribution in [-0.2, 0) is 0 Å². The number of hydrogen-bond donors (Lipinski definition) is 0. The first-order valence-electron chi connectivity index (χ1n) is 7.57. The largest absolute Gasteiger partial charge is 0.453 e. The van der Waals surface area contributed by atoms with Gasteiger partial charge in [0, 0.05) is 6.07 Å². The number of nitro benzene ring substituents is 2. The number of nitrogens with zero attached hydrogens (tertiary/aromatic N) is 2. The Morgan fingerprint density at radius 2 is 1.48 bits per heavy atom. The number of ether oxygens (including phenoxy) is 4. The molecule has 0 atom stereocenters. The van der Waals surface area contributed by atoms with Gasteiger partial charge in [0.1, 0.15) is 4.47 Å². The van der Waals surface area contributed by atoms with E-state index in [0.717, 1.165) is 11.1 Å². The van der Waals surface area contributed by atoms with Crippen LogP contribution in [0.15, 0.2) is 22.7 Å². The third kappa shape index (κ3) is 3.58. The summed E-state index contributed by atoms with van der Waals surface area (Å²) in [5.74, 6) is 1.31. The Labute approximate surface area is 161 Å². The van der Waals surface area contributed by atoms with Gasteiger partial charge in [-0.25, -0.2) is 0 Å². The highest BCUT2D eigenvalue weighted by Gasteiger charge is 2.30. The lowest BCUT2D eigenvalue weighted by molar-refractivity contribution is -0.386. The monoisotopic (exact) mass is 440 g/mol. The Morgan fingerprint density at radius 3 is 2.07 bits per heavy atom. The van der Waals surface area contributed by atoms with Gasteiger partial charge in [0.05, 0.1) is 9.85 Å². The molecule has 11 heteroatoms. The van der Waals surface area contributed by atoms with Crippen LogP contribution in [0.3, 0.4) is 0 Å². The van der Waals surface area contributed by atoms with E-state index in [-0.39, 0.29) is 36.5 Å². The fraction of sp³-hybridized carbons (Fsp3) is 0.250.